The topological polar surface area (TPSA) is 17.1 Å². The van der Waals surface area contributed by atoms with E-state index in [0.29, 0.717) is 5.56 Å². The van der Waals surface area contributed by atoms with Crippen molar-refractivity contribution in [2.45, 2.75) is 51.9 Å². The lowest BCUT2D eigenvalue weighted by atomic mass is 9.67. The average molecular weight is 248 g/mol. The smallest absolute Gasteiger partial charge is 0.148 e. The van der Waals surface area contributed by atoms with Gasteiger partial charge in [0.1, 0.15) is 11.6 Å². The average Bonchev–Trinajstić information content (AvgIpc) is 2.77. The molecular weight excluding hydrogens is 227 g/mol. The molecule has 1 aliphatic carbocycles. The third-order valence-electron chi connectivity index (χ3n) is 3.96. The number of benzene rings is 1. The highest BCUT2D eigenvalue weighted by molar-refractivity contribution is 5.94. The van der Waals surface area contributed by atoms with Crippen molar-refractivity contribution in [3.05, 3.63) is 35.6 Å². The predicted octanol–water partition coefficient (Wildman–Crippen LogP) is 4.25. The van der Waals surface area contributed by atoms with Crippen LogP contribution >= 0.6 is 0 Å². The van der Waals surface area contributed by atoms with Gasteiger partial charge in [0.25, 0.3) is 0 Å². The van der Waals surface area contributed by atoms with Crippen molar-refractivity contribution >= 4 is 5.78 Å². The minimum Gasteiger partial charge on any atom is -0.298 e. The second kappa shape index (κ2) is 4.49. The van der Waals surface area contributed by atoms with E-state index in [1.165, 1.54) is 6.07 Å². The van der Waals surface area contributed by atoms with Gasteiger partial charge in [-0.2, -0.15) is 0 Å². The highest BCUT2D eigenvalue weighted by Crippen LogP contribution is 2.46. The number of rotatable bonds is 2. The summed E-state index contributed by atoms with van der Waals surface area (Å²) in [7, 11) is 0. The fourth-order valence-corrected chi connectivity index (χ4v) is 3.16. The normalized spacial score (nSPS) is 18.9. The molecule has 0 N–H and O–H groups in total. The van der Waals surface area contributed by atoms with Gasteiger partial charge in [-0.25, -0.2) is 4.39 Å². The van der Waals surface area contributed by atoms with Gasteiger partial charge < -0.3 is 0 Å². The highest BCUT2D eigenvalue weighted by atomic mass is 19.1. The predicted molar refractivity (Wildman–Crippen MR) is 71.0 cm³/mol. The van der Waals surface area contributed by atoms with Gasteiger partial charge in [0.05, 0.1) is 5.41 Å². The molecule has 0 unspecified atom stereocenters. The first-order valence-electron chi connectivity index (χ1n) is 6.68. The Balaban J connectivity index is 2.52. The van der Waals surface area contributed by atoms with Gasteiger partial charge in [-0.05, 0) is 18.9 Å². The number of carbonyl (C=O) groups is 1. The van der Waals surface area contributed by atoms with E-state index in [0.717, 1.165) is 25.7 Å². The molecule has 18 heavy (non-hydrogen) atoms. The maximum Gasteiger partial charge on any atom is 0.148 e. The van der Waals surface area contributed by atoms with Gasteiger partial charge in [-0.15, -0.1) is 0 Å². The maximum atomic E-state index is 14.1. The number of carbonyl (C=O) groups excluding carboxylic acids is 1. The molecule has 0 saturated heterocycles. The molecule has 0 aromatic heterocycles. The van der Waals surface area contributed by atoms with Gasteiger partial charge in [-0.3, -0.25) is 4.79 Å². The van der Waals surface area contributed by atoms with Crippen molar-refractivity contribution in [2.75, 3.05) is 0 Å². The quantitative estimate of drug-likeness (QED) is 0.764. The SMILES string of the molecule is CC(C)(C)C(=O)C1(c2ccccc2F)CCCC1. The lowest BCUT2D eigenvalue weighted by Crippen LogP contribution is -2.41. The van der Waals surface area contributed by atoms with Crippen LogP contribution in [0.4, 0.5) is 4.39 Å². The van der Waals surface area contributed by atoms with E-state index in [2.05, 4.69) is 0 Å². The van der Waals surface area contributed by atoms with Crippen LogP contribution in [0.15, 0.2) is 24.3 Å². The summed E-state index contributed by atoms with van der Waals surface area (Å²) < 4.78 is 14.1. The highest BCUT2D eigenvalue weighted by Gasteiger charge is 2.47. The van der Waals surface area contributed by atoms with Gasteiger partial charge in [-0.1, -0.05) is 51.8 Å². The minimum atomic E-state index is -0.594. The van der Waals surface area contributed by atoms with Gasteiger partial charge >= 0.3 is 0 Å². The standard InChI is InChI=1S/C16H21FO/c1-15(2,3)14(18)16(10-6-7-11-16)12-8-4-5-9-13(12)17/h4-5,8-9H,6-7,10-11H2,1-3H3. The molecule has 0 heterocycles. The summed E-state index contributed by atoms with van der Waals surface area (Å²) in [6.07, 6.45) is 3.58. The van der Waals surface area contributed by atoms with Crippen molar-refractivity contribution in [1.29, 1.82) is 0 Å². The second-order valence-corrected chi connectivity index (χ2v) is 6.35. The molecule has 1 fully saturated rings. The Morgan fingerprint density at radius 2 is 1.72 bits per heavy atom. The van der Waals surface area contributed by atoms with E-state index < -0.39 is 10.8 Å². The summed E-state index contributed by atoms with van der Waals surface area (Å²) in [5.41, 5.74) is -0.418. The van der Waals surface area contributed by atoms with Crippen molar-refractivity contribution in [2.24, 2.45) is 5.41 Å². The van der Waals surface area contributed by atoms with Crippen molar-refractivity contribution in [3.8, 4) is 0 Å². The summed E-state index contributed by atoms with van der Waals surface area (Å²) in [5.74, 6) is -0.0606. The van der Waals surface area contributed by atoms with Crippen LogP contribution < -0.4 is 0 Å². The Bertz CT molecular complexity index is 450. The molecule has 1 saturated carbocycles. The van der Waals surface area contributed by atoms with Gasteiger partial charge in [0.15, 0.2) is 0 Å². The van der Waals surface area contributed by atoms with Crippen LogP contribution in [-0.4, -0.2) is 5.78 Å². The van der Waals surface area contributed by atoms with E-state index in [9.17, 15) is 9.18 Å². The van der Waals surface area contributed by atoms with Crippen molar-refractivity contribution in [3.63, 3.8) is 0 Å². The Morgan fingerprint density at radius 3 is 2.22 bits per heavy atom. The number of ketones is 1. The molecule has 2 heteroatoms. The van der Waals surface area contributed by atoms with Gasteiger partial charge in [0, 0.05) is 11.0 Å². The largest absolute Gasteiger partial charge is 0.298 e. The number of hydrogen-bond donors (Lipinski definition) is 0. The Labute approximate surface area is 108 Å². The maximum absolute atomic E-state index is 14.1. The fraction of sp³-hybridized carbons (Fsp3) is 0.562. The first kappa shape index (κ1) is 13.3. The van der Waals surface area contributed by atoms with E-state index in [1.807, 2.05) is 26.8 Å². The van der Waals surface area contributed by atoms with E-state index in [1.54, 1.807) is 12.1 Å². The zero-order valence-electron chi connectivity index (χ0n) is 11.4. The summed E-state index contributed by atoms with van der Waals surface area (Å²) in [6, 6.07) is 6.76. The zero-order chi connectivity index (χ0) is 13.4. The number of Topliss-reactive ketones (excluding diaryl/α,β-unsaturated/α-hetero) is 1. The number of hydrogen-bond acceptors (Lipinski definition) is 1. The molecule has 2 rings (SSSR count). The molecule has 1 nitrogen and oxygen atoms in total. The van der Waals surface area contributed by atoms with Crippen LogP contribution in [0.5, 0.6) is 0 Å². The van der Waals surface area contributed by atoms with Crippen LogP contribution in [0, 0.1) is 11.2 Å². The molecule has 1 aromatic carbocycles. The third kappa shape index (κ3) is 2.09. The zero-order valence-corrected chi connectivity index (χ0v) is 11.4. The summed E-state index contributed by atoms with van der Waals surface area (Å²) in [4.78, 5) is 12.8. The molecule has 1 aliphatic rings. The summed E-state index contributed by atoms with van der Waals surface area (Å²) >= 11 is 0. The first-order chi connectivity index (χ1) is 8.38. The van der Waals surface area contributed by atoms with Crippen LogP contribution in [-0.2, 0) is 10.2 Å². The van der Waals surface area contributed by atoms with Crippen LogP contribution in [0.3, 0.4) is 0 Å². The molecule has 0 spiro atoms. The molecule has 98 valence electrons. The van der Waals surface area contributed by atoms with E-state index in [-0.39, 0.29) is 11.6 Å². The summed E-state index contributed by atoms with van der Waals surface area (Å²) in [6.45, 7) is 5.78. The molecule has 0 amide bonds. The first-order valence-corrected chi connectivity index (χ1v) is 6.68. The summed E-state index contributed by atoms with van der Waals surface area (Å²) in [5, 5.41) is 0. The Kier molecular flexibility index (Phi) is 3.31. The third-order valence-corrected chi connectivity index (χ3v) is 3.96. The van der Waals surface area contributed by atoms with Crippen molar-refractivity contribution in [1.82, 2.24) is 0 Å². The van der Waals surface area contributed by atoms with E-state index >= 15 is 0 Å². The molecular formula is C16H21FO. The lowest BCUT2D eigenvalue weighted by molar-refractivity contribution is -0.132. The van der Waals surface area contributed by atoms with Crippen LogP contribution in [0.25, 0.3) is 0 Å². The van der Waals surface area contributed by atoms with Crippen LogP contribution in [0.1, 0.15) is 52.0 Å². The monoisotopic (exact) mass is 248 g/mol. The lowest BCUT2D eigenvalue weighted by Gasteiger charge is -2.34. The Hall–Kier alpha value is -1.18. The molecule has 0 bridgehead atoms. The molecule has 0 atom stereocenters. The number of halogens is 1. The van der Waals surface area contributed by atoms with Crippen molar-refractivity contribution < 1.29 is 9.18 Å². The Morgan fingerprint density at radius 1 is 1.17 bits per heavy atom. The molecule has 0 aliphatic heterocycles. The second-order valence-electron chi connectivity index (χ2n) is 6.35. The minimum absolute atomic E-state index is 0.178. The van der Waals surface area contributed by atoms with E-state index in [4.69, 9.17) is 0 Å². The van der Waals surface area contributed by atoms with Gasteiger partial charge in [0.2, 0.25) is 0 Å². The fourth-order valence-electron chi connectivity index (χ4n) is 3.16. The molecule has 0 radical (unpaired) electrons. The van der Waals surface area contributed by atoms with Crippen LogP contribution in [0.2, 0.25) is 0 Å². The molecule has 1 aromatic rings.